The summed E-state index contributed by atoms with van der Waals surface area (Å²) in [6, 6.07) is 27.3. The molecule has 0 unspecified atom stereocenters. The van der Waals surface area contributed by atoms with E-state index < -0.39 is 11.8 Å². The van der Waals surface area contributed by atoms with E-state index in [9.17, 15) is 14.0 Å². The number of anilines is 2. The van der Waals surface area contributed by atoms with Crippen molar-refractivity contribution in [3.05, 3.63) is 124 Å². The molecule has 0 spiro atoms. The molecular weight excluding hydrogens is 595 g/mol. The third-order valence-corrected chi connectivity index (χ3v) is 7.09. The van der Waals surface area contributed by atoms with Crippen molar-refractivity contribution in [2.45, 2.75) is 6.61 Å². The number of thiocarbonyl (C=S) groups is 1. The van der Waals surface area contributed by atoms with Crippen molar-refractivity contribution in [1.82, 2.24) is 0 Å². The second-order valence-electron chi connectivity index (χ2n) is 8.74. The lowest BCUT2D eigenvalue weighted by atomic mass is 10.0. The molecule has 0 radical (unpaired) electrons. The van der Waals surface area contributed by atoms with E-state index in [0.717, 1.165) is 5.56 Å². The molecule has 5 rings (SSSR count). The summed E-state index contributed by atoms with van der Waals surface area (Å²) in [6.45, 7) is 0.183. The third-order valence-electron chi connectivity index (χ3n) is 6.14. The van der Waals surface area contributed by atoms with Gasteiger partial charge in [-0.25, -0.2) is 4.39 Å². The zero-order valence-corrected chi connectivity index (χ0v) is 23.6. The number of carbonyl (C=O) groups excluding carboxylic acids is 2. The summed E-state index contributed by atoms with van der Waals surface area (Å²) in [6.07, 6.45) is 1.51. The van der Waals surface area contributed by atoms with E-state index in [2.05, 4.69) is 15.9 Å². The van der Waals surface area contributed by atoms with Crippen molar-refractivity contribution in [3.63, 3.8) is 0 Å². The van der Waals surface area contributed by atoms with Crippen LogP contribution in [0.25, 0.3) is 6.08 Å². The van der Waals surface area contributed by atoms with Gasteiger partial charge in [-0.2, -0.15) is 0 Å². The Morgan fingerprint density at radius 2 is 1.40 bits per heavy atom. The van der Waals surface area contributed by atoms with Gasteiger partial charge in [0.25, 0.3) is 11.8 Å². The number of nitrogens with zero attached hydrogens (tertiary/aromatic N) is 2. The van der Waals surface area contributed by atoms with Gasteiger partial charge in [0.1, 0.15) is 18.0 Å². The Kier molecular flexibility index (Phi) is 8.04. The van der Waals surface area contributed by atoms with E-state index in [1.807, 2.05) is 12.1 Å². The second kappa shape index (κ2) is 11.8. The van der Waals surface area contributed by atoms with E-state index in [4.69, 9.17) is 21.7 Å². The Bertz CT molecular complexity index is 1550. The van der Waals surface area contributed by atoms with Crippen LogP contribution in [-0.4, -0.2) is 24.0 Å². The van der Waals surface area contributed by atoms with Crippen LogP contribution in [0.4, 0.5) is 15.8 Å². The first kappa shape index (κ1) is 27.2. The first-order chi connectivity index (χ1) is 19.4. The van der Waals surface area contributed by atoms with Crippen LogP contribution in [0.3, 0.4) is 0 Å². The summed E-state index contributed by atoms with van der Waals surface area (Å²) < 4.78 is 25.3. The molecule has 4 aromatic carbocycles. The second-order valence-corrected chi connectivity index (χ2v) is 9.96. The average molecular weight is 617 g/mol. The Balaban J connectivity index is 1.53. The molecule has 1 aliphatic rings. The molecule has 0 saturated carbocycles. The van der Waals surface area contributed by atoms with Crippen LogP contribution < -0.4 is 19.3 Å². The molecule has 0 aromatic heterocycles. The zero-order valence-electron chi connectivity index (χ0n) is 21.2. The van der Waals surface area contributed by atoms with Gasteiger partial charge in [-0.1, -0.05) is 48.5 Å². The Morgan fingerprint density at radius 1 is 0.850 bits per heavy atom. The van der Waals surface area contributed by atoms with Crippen molar-refractivity contribution >= 4 is 62.5 Å². The fourth-order valence-corrected chi connectivity index (χ4v) is 5.16. The lowest BCUT2D eigenvalue weighted by Crippen LogP contribution is -2.56. The van der Waals surface area contributed by atoms with E-state index in [0.29, 0.717) is 32.9 Å². The number of carbonyl (C=O) groups is 2. The molecule has 0 bridgehead atoms. The van der Waals surface area contributed by atoms with E-state index in [1.165, 1.54) is 35.1 Å². The lowest BCUT2D eigenvalue weighted by molar-refractivity contribution is -0.120. The Hall–Kier alpha value is -4.34. The quantitative estimate of drug-likeness (QED) is 0.128. The van der Waals surface area contributed by atoms with Crippen LogP contribution in [0, 0.1) is 5.82 Å². The molecule has 0 N–H and O–H groups in total. The van der Waals surface area contributed by atoms with Crippen molar-refractivity contribution in [1.29, 1.82) is 0 Å². The van der Waals surface area contributed by atoms with Crippen LogP contribution in [0.5, 0.6) is 11.5 Å². The molecule has 0 aliphatic carbocycles. The van der Waals surface area contributed by atoms with Gasteiger partial charge in [-0.15, -0.1) is 0 Å². The largest absolute Gasteiger partial charge is 0.493 e. The summed E-state index contributed by atoms with van der Waals surface area (Å²) in [4.78, 5) is 30.2. The molecule has 6 nitrogen and oxygen atoms in total. The summed E-state index contributed by atoms with van der Waals surface area (Å²) in [5, 5.41) is 0.0628. The highest BCUT2D eigenvalue weighted by Crippen LogP contribution is 2.38. The van der Waals surface area contributed by atoms with Gasteiger partial charge in [-0.3, -0.25) is 19.4 Å². The minimum Gasteiger partial charge on any atom is -0.493 e. The molecular formula is C31H22BrFN2O4S. The molecule has 1 fully saturated rings. The van der Waals surface area contributed by atoms with Crippen molar-refractivity contribution in [2.75, 3.05) is 16.9 Å². The minimum atomic E-state index is -0.542. The fourth-order valence-electron chi connectivity index (χ4n) is 4.21. The highest BCUT2D eigenvalue weighted by atomic mass is 79.9. The van der Waals surface area contributed by atoms with Crippen LogP contribution >= 0.6 is 28.1 Å². The topological polar surface area (TPSA) is 59.1 Å². The zero-order chi connectivity index (χ0) is 28.2. The highest BCUT2D eigenvalue weighted by Gasteiger charge is 2.41. The number of rotatable bonds is 7. The molecule has 40 heavy (non-hydrogen) atoms. The first-order valence-corrected chi connectivity index (χ1v) is 13.4. The number of methoxy groups -OCH3 is 1. The Morgan fingerprint density at radius 3 is 1.93 bits per heavy atom. The molecule has 9 heteroatoms. The molecule has 1 heterocycles. The van der Waals surface area contributed by atoms with Crippen LogP contribution in [0.1, 0.15) is 11.1 Å². The lowest BCUT2D eigenvalue weighted by Gasteiger charge is -2.36. The monoisotopic (exact) mass is 616 g/mol. The molecule has 200 valence electrons. The van der Waals surface area contributed by atoms with Crippen LogP contribution in [0.15, 0.2) is 107 Å². The van der Waals surface area contributed by atoms with Gasteiger partial charge in [0.2, 0.25) is 0 Å². The number of halogens is 2. The van der Waals surface area contributed by atoms with Crippen LogP contribution in [-0.2, 0) is 16.2 Å². The SMILES string of the molecule is COc1cc(C=C2C(=O)N(c3ccccc3)C(=S)N(c3ccccc3)C2=O)cc(Br)c1OCc1ccc(F)cc1. The van der Waals surface area contributed by atoms with Gasteiger partial charge in [0.05, 0.1) is 23.0 Å². The van der Waals surface area contributed by atoms with Gasteiger partial charge in [0.15, 0.2) is 16.6 Å². The normalized spacial score (nSPS) is 13.5. The fraction of sp³-hybridized carbons (Fsp3) is 0.0645. The maximum atomic E-state index is 13.7. The number of hydrogen-bond acceptors (Lipinski definition) is 5. The first-order valence-electron chi connectivity index (χ1n) is 12.2. The van der Waals surface area contributed by atoms with Gasteiger partial charge >= 0.3 is 0 Å². The number of hydrogen-bond donors (Lipinski definition) is 0. The Labute approximate surface area is 244 Å². The predicted molar refractivity (Wildman–Crippen MR) is 160 cm³/mol. The third kappa shape index (κ3) is 5.52. The average Bonchev–Trinajstić information content (AvgIpc) is 2.96. The van der Waals surface area contributed by atoms with E-state index >= 15 is 0 Å². The highest BCUT2D eigenvalue weighted by molar-refractivity contribution is 9.10. The molecule has 4 aromatic rings. The van der Waals surface area contributed by atoms with Crippen molar-refractivity contribution in [3.8, 4) is 11.5 Å². The molecule has 2 amide bonds. The standard InChI is InChI=1S/C31H22BrFN2O4S/c1-38-27-18-21(17-26(32)28(27)39-19-20-12-14-22(33)15-13-20)16-25-29(36)34(23-8-4-2-5-9-23)31(40)35(30(25)37)24-10-6-3-7-11-24/h2-18H,19H2,1H3. The number of para-hydroxylation sites is 2. The maximum absolute atomic E-state index is 13.7. The van der Waals surface area contributed by atoms with Gasteiger partial charge in [0, 0.05) is 0 Å². The predicted octanol–water partition coefficient (Wildman–Crippen LogP) is 6.92. The summed E-state index contributed by atoms with van der Waals surface area (Å²) in [5.41, 5.74) is 2.32. The molecule has 1 saturated heterocycles. The van der Waals surface area contributed by atoms with Crippen LogP contribution in [0.2, 0.25) is 0 Å². The molecule has 0 atom stereocenters. The van der Waals surface area contributed by atoms with Crippen molar-refractivity contribution < 1.29 is 23.5 Å². The molecule has 1 aliphatic heterocycles. The van der Waals surface area contributed by atoms with Crippen molar-refractivity contribution in [2.24, 2.45) is 0 Å². The van der Waals surface area contributed by atoms with Gasteiger partial charge < -0.3 is 9.47 Å². The smallest absolute Gasteiger partial charge is 0.270 e. The number of benzene rings is 4. The minimum absolute atomic E-state index is 0.0628. The number of amides is 2. The summed E-state index contributed by atoms with van der Waals surface area (Å²) >= 11 is 9.18. The maximum Gasteiger partial charge on any atom is 0.270 e. The summed E-state index contributed by atoms with van der Waals surface area (Å²) in [5.74, 6) is -0.605. The number of ether oxygens (including phenoxy) is 2. The van der Waals surface area contributed by atoms with E-state index in [-0.39, 0.29) is 23.1 Å². The summed E-state index contributed by atoms with van der Waals surface area (Å²) in [7, 11) is 1.49. The van der Waals surface area contributed by atoms with E-state index in [1.54, 1.807) is 72.8 Å². The van der Waals surface area contributed by atoms with Gasteiger partial charge in [-0.05, 0) is 93.9 Å².